The van der Waals surface area contributed by atoms with E-state index in [4.69, 9.17) is 0 Å². The van der Waals surface area contributed by atoms with Crippen molar-refractivity contribution in [3.05, 3.63) is 40.5 Å². The standard InChI is InChI=1S/C20H8N10/c1-9(2)11(4-21)26-16-10(3)17-19(28-13(6-23)12(5-22)27-17)20-18(16)29-14(7-24)15(8-25)30-20/h1H2,2-3H3/b26-11-. The molecule has 0 N–H and O–H groups in total. The third-order valence-corrected chi connectivity index (χ3v) is 4.11. The van der Waals surface area contributed by atoms with Crippen molar-refractivity contribution in [3.63, 3.8) is 0 Å². The molecule has 0 aliphatic rings. The van der Waals surface area contributed by atoms with Gasteiger partial charge < -0.3 is 0 Å². The lowest BCUT2D eigenvalue weighted by molar-refractivity contribution is 1.16. The number of aryl methyl sites for hydroxylation is 1. The predicted molar refractivity (Wildman–Crippen MR) is 104 cm³/mol. The average molecular weight is 388 g/mol. The number of aromatic nitrogens is 4. The summed E-state index contributed by atoms with van der Waals surface area (Å²) in [7, 11) is 0. The molecule has 0 atom stereocenters. The Kier molecular flexibility index (Phi) is 4.82. The smallest absolute Gasteiger partial charge is 0.177 e. The molecule has 0 unspecified atom stereocenters. The molecule has 0 amide bonds. The number of fused-ring (bicyclic) bond motifs is 3. The van der Waals surface area contributed by atoms with Gasteiger partial charge in [0.15, 0.2) is 22.8 Å². The number of hydrogen-bond acceptors (Lipinski definition) is 10. The Morgan fingerprint density at radius 2 is 1.13 bits per heavy atom. The average Bonchev–Trinajstić information content (AvgIpc) is 2.76. The summed E-state index contributed by atoms with van der Waals surface area (Å²) < 4.78 is 0. The second-order valence-electron chi connectivity index (χ2n) is 6.01. The van der Waals surface area contributed by atoms with Crippen molar-refractivity contribution in [3.8, 4) is 30.3 Å². The summed E-state index contributed by atoms with van der Waals surface area (Å²) in [5.41, 5.74) is 0.628. The molecular weight excluding hydrogens is 380 g/mol. The Balaban J connectivity index is 2.68. The highest BCUT2D eigenvalue weighted by Crippen LogP contribution is 2.35. The molecule has 10 heteroatoms. The van der Waals surface area contributed by atoms with E-state index < -0.39 is 0 Å². The van der Waals surface area contributed by atoms with E-state index in [0.29, 0.717) is 11.1 Å². The maximum atomic E-state index is 9.39. The maximum absolute atomic E-state index is 9.39. The van der Waals surface area contributed by atoms with E-state index in [-0.39, 0.29) is 56.2 Å². The molecule has 2 aromatic heterocycles. The van der Waals surface area contributed by atoms with Crippen LogP contribution < -0.4 is 0 Å². The first-order valence-electron chi connectivity index (χ1n) is 8.21. The lowest BCUT2D eigenvalue weighted by Gasteiger charge is -2.11. The van der Waals surface area contributed by atoms with E-state index in [1.807, 2.05) is 12.1 Å². The van der Waals surface area contributed by atoms with Gasteiger partial charge in [-0.1, -0.05) is 6.58 Å². The van der Waals surface area contributed by atoms with Crippen LogP contribution in [-0.2, 0) is 0 Å². The number of hydrogen-bond donors (Lipinski definition) is 0. The van der Waals surface area contributed by atoms with Gasteiger partial charge in [0.05, 0.1) is 11.2 Å². The van der Waals surface area contributed by atoms with Crippen LogP contribution >= 0.6 is 0 Å². The molecular formula is C20H8N10. The molecule has 3 rings (SSSR count). The number of aliphatic imine (C=N–C) groups is 1. The Bertz CT molecular complexity index is 1530. The van der Waals surface area contributed by atoms with Crippen LogP contribution in [0.5, 0.6) is 0 Å². The van der Waals surface area contributed by atoms with E-state index in [1.54, 1.807) is 32.1 Å². The summed E-state index contributed by atoms with van der Waals surface area (Å²) in [4.78, 5) is 21.1. The molecule has 0 aliphatic heterocycles. The highest BCUT2D eigenvalue weighted by atomic mass is 14.9. The zero-order chi connectivity index (χ0) is 22.0. The molecule has 0 radical (unpaired) electrons. The molecule has 3 aromatic rings. The molecule has 0 aliphatic carbocycles. The van der Waals surface area contributed by atoms with Gasteiger partial charge in [-0.2, -0.15) is 26.3 Å². The second kappa shape index (κ2) is 7.41. The van der Waals surface area contributed by atoms with Crippen molar-refractivity contribution in [2.75, 3.05) is 0 Å². The van der Waals surface area contributed by atoms with E-state index in [9.17, 15) is 26.3 Å². The topological polar surface area (TPSA) is 183 Å². The monoisotopic (exact) mass is 388 g/mol. The van der Waals surface area contributed by atoms with Crippen LogP contribution in [0, 0.1) is 63.6 Å². The maximum Gasteiger partial charge on any atom is 0.177 e. The number of benzene rings is 1. The number of nitriles is 5. The fourth-order valence-electron chi connectivity index (χ4n) is 2.69. The molecule has 1 aromatic carbocycles. The Labute approximate surface area is 169 Å². The van der Waals surface area contributed by atoms with Crippen molar-refractivity contribution in [2.24, 2.45) is 4.99 Å². The van der Waals surface area contributed by atoms with Gasteiger partial charge >= 0.3 is 0 Å². The molecule has 0 saturated carbocycles. The summed E-state index contributed by atoms with van der Waals surface area (Å²) >= 11 is 0. The zero-order valence-electron chi connectivity index (χ0n) is 15.7. The fraction of sp³-hybridized carbons (Fsp3) is 0.100. The lowest BCUT2D eigenvalue weighted by atomic mass is 10.1. The SMILES string of the molecule is C=C(C)/C(C#N)=N\c1c(C)c2nc(C#N)c(C#N)nc2c2nc(C#N)c(C#N)nc12. The Morgan fingerprint density at radius 3 is 1.53 bits per heavy atom. The molecule has 0 bridgehead atoms. The van der Waals surface area contributed by atoms with Crippen LogP contribution in [0.3, 0.4) is 0 Å². The van der Waals surface area contributed by atoms with Gasteiger partial charge in [0.1, 0.15) is 52.6 Å². The zero-order valence-corrected chi connectivity index (χ0v) is 15.7. The molecule has 0 spiro atoms. The van der Waals surface area contributed by atoms with Gasteiger partial charge in [0.2, 0.25) is 0 Å². The first-order valence-corrected chi connectivity index (χ1v) is 8.21. The van der Waals surface area contributed by atoms with Gasteiger partial charge in [-0.05, 0) is 19.4 Å². The quantitative estimate of drug-likeness (QED) is 0.470. The van der Waals surface area contributed by atoms with Crippen molar-refractivity contribution < 1.29 is 0 Å². The second-order valence-corrected chi connectivity index (χ2v) is 6.01. The number of nitrogens with zero attached hydrogens (tertiary/aromatic N) is 10. The van der Waals surface area contributed by atoms with Crippen molar-refractivity contribution in [2.45, 2.75) is 13.8 Å². The van der Waals surface area contributed by atoms with Crippen molar-refractivity contribution in [1.29, 1.82) is 26.3 Å². The lowest BCUT2D eigenvalue weighted by Crippen LogP contribution is -2.04. The minimum Gasteiger partial charge on any atom is -0.235 e. The summed E-state index contributed by atoms with van der Waals surface area (Å²) in [6.07, 6.45) is 0. The Hall–Kier alpha value is -5.24. The third kappa shape index (κ3) is 2.92. The van der Waals surface area contributed by atoms with Crippen LogP contribution in [-0.4, -0.2) is 25.6 Å². The van der Waals surface area contributed by atoms with Crippen LogP contribution in [0.2, 0.25) is 0 Å². The normalized spacial score (nSPS) is 10.5. The van der Waals surface area contributed by atoms with Gasteiger partial charge in [0, 0.05) is 5.56 Å². The third-order valence-electron chi connectivity index (χ3n) is 4.11. The molecule has 138 valence electrons. The van der Waals surface area contributed by atoms with Crippen molar-refractivity contribution in [1.82, 2.24) is 19.9 Å². The summed E-state index contributed by atoms with van der Waals surface area (Å²) in [5, 5.41) is 46.6. The minimum atomic E-state index is -0.241. The molecule has 30 heavy (non-hydrogen) atoms. The largest absolute Gasteiger partial charge is 0.235 e. The highest BCUT2D eigenvalue weighted by Gasteiger charge is 2.21. The molecule has 2 heterocycles. The highest BCUT2D eigenvalue weighted by molar-refractivity contribution is 6.15. The van der Waals surface area contributed by atoms with E-state index in [0.717, 1.165) is 0 Å². The van der Waals surface area contributed by atoms with Gasteiger partial charge in [-0.15, -0.1) is 0 Å². The number of rotatable bonds is 2. The van der Waals surface area contributed by atoms with Crippen LogP contribution in [0.1, 0.15) is 35.3 Å². The number of allylic oxidation sites excluding steroid dienone is 1. The van der Waals surface area contributed by atoms with Crippen LogP contribution in [0.4, 0.5) is 5.69 Å². The first kappa shape index (κ1) is 19.5. The fourth-order valence-corrected chi connectivity index (χ4v) is 2.69. The molecule has 0 fully saturated rings. The molecule has 10 nitrogen and oxygen atoms in total. The predicted octanol–water partition coefficient (Wildman–Crippen LogP) is 2.54. The van der Waals surface area contributed by atoms with Gasteiger partial charge in [-0.3, -0.25) is 0 Å². The first-order chi connectivity index (χ1) is 14.4. The molecule has 0 saturated heterocycles. The van der Waals surface area contributed by atoms with Crippen LogP contribution in [0.25, 0.3) is 22.1 Å². The van der Waals surface area contributed by atoms with E-state index in [1.165, 1.54) is 0 Å². The summed E-state index contributed by atoms with van der Waals surface area (Å²) in [6, 6.07) is 9.15. The Morgan fingerprint density at radius 1 is 0.733 bits per heavy atom. The van der Waals surface area contributed by atoms with Gasteiger partial charge in [-0.25, -0.2) is 24.9 Å². The van der Waals surface area contributed by atoms with Crippen molar-refractivity contribution >= 4 is 33.5 Å². The summed E-state index contributed by atoms with van der Waals surface area (Å²) in [6.45, 7) is 6.95. The summed E-state index contributed by atoms with van der Waals surface area (Å²) in [5.74, 6) is 0. The van der Waals surface area contributed by atoms with E-state index >= 15 is 0 Å². The van der Waals surface area contributed by atoms with Crippen LogP contribution in [0.15, 0.2) is 17.1 Å². The van der Waals surface area contributed by atoms with E-state index in [2.05, 4.69) is 31.5 Å². The van der Waals surface area contributed by atoms with Gasteiger partial charge in [0.25, 0.3) is 0 Å². The minimum absolute atomic E-state index is 0.0190.